The largest absolute Gasteiger partial charge is 0.369 e. The number of anilines is 3. The molecular weight excluding hydrogens is 506 g/mol. The highest BCUT2D eigenvalue weighted by Gasteiger charge is 2.45. The first-order chi connectivity index (χ1) is 16.6. The summed E-state index contributed by atoms with van der Waals surface area (Å²) in [7, 11) is 0. The summed E-state index contributed by atoms with van der Waals surface area (Å²) in [5.74, 6) is -3.20. The van der Waals surface area contributed by atoms with Crippen LogP contribution in [0.15, 0.2) is 18.3 Å². The van der Waals surface area contributed by atoms with Crippen LogP contribution in [0.5, 0.6) is 0 Å². The third-order valence-corrected chi connectivity index (χ3v) is 7.16. The van der Waals surface area contributed by atoms with Crippen molar-refractivity contribution in [3.8, 4) is 0 Å². The summed E-state index contributed by atoms with van der Waals surface area (Å²) in [6.45, 7) is 0. The second kappa shape index (κ2) is 9.02. The van der Waals surface area contributed by atoms with Crippen LogP contribution in [0.25, 0.3) is 11.2 Å². The Labute approximate surface area is 208 Å². The van der Waals surface area contributed by atoms with Crippen molar-refractivity contribution in [3.63, 3.8) is 0 Å². The fraction of sp³-hybridized carbons (Fsp3) is 0.455. The van der Waals surface area contributed by atoms with Gasteiger partial charge in [0.15, 0.2) is 5.65 Å². The maximum atomic E-state index is 13.7. The average molecular weight is 528 g/mol. The number of hydrogen-bond acceptors (Lipinski definition) is 6. The molecule has 0 bridgehead atoms. The minimum Gasteiger partial charge on any atom is -0.369 e. The molecule has 0 saturated heterocycles. The number of halogens is 5. The number of alkyl halides is 2. The lowest BCUT2D eigenvalue weighted by Gasteiger charge is -2.35. The van der Waals surface area contributed by atoms with Crippen LogP contribution in [-0.2, 0) is 4.79 Å². The first-order valence-corrected chi connectivity index (χ1v) is 12.0. The van der Waals surface area contributed by atoms with Gasteiger partial charge in [-0.1, -0.05) is 23.2 Å². The van der Waals surface area contributed by atoms with E-state index in [0.29, 0.717) is 42.8 Å². The van der Waals surface area contributed by atoms with E-state index in [1.54, 1.807) is 0 Å². The molecule has 0 radical (unpaired) electrons. The van der Waals surface area contributed by atoms with Gasteiger partial charge in [-0.3, -0.25) is 9.36 Å². The van der Waals surface area contributed by atoms with Crippen LogP contribution in [0.3, 0.4) is 0 Å². The second-order valence-corrected chi connectivity index (χ2v) is 9.90. The molecule has 35 heavy (non-hydrogen) atoms. The van der Waals surface area contributed by atoms with E-state index in [4.69, 9.17) is 28.9 Å². The highest BCUT2D eigenvalue weighted by Crippen LogP contribution is 2.41. The molecule has 0 atom stereocenters. The Morgan fingerprint density at radius 2 is 1.77 bits per heavy atom. The van der Waals surface area contributed by atoms with Gasteiger partial charge in [-0.25, -0.2) is 23.1 Å². The van der Waals surface area contributed by atoms with Gasteiger partial charge in [-0.2, -0.15) is 4.98 Å². The van der Waals surface area contributed by atoms with E-state index in [0.717, 1.165) is 12.1 Å². The standard InChI is InChI=1S/C22H22Cl2F3N7O/c23-14-5-11(25)6-15(24)17(14)32-21-31-16-9-29-20(30-12-7-22(26,27)8-12)33-19(16)34(21)13-3-1-10(2-4-13)18(28)35/h5-6,9-10,12-13H,1-4,7-8H2,(H2,28,35)(H,31,32)(H,29,30,33). The number of primary amides is 1. The lowest BCUT2D eigenvalue weighted by atomic mass is 9.85. The third-order valence-electron chi connectivity index (χ3n) is 6.56. The molecule has 4 N–H and O–H groups in total. The van der Waals surface area contributed by atoms with Crippen molar-refractivity contribution in [3.05, 3.63) is 34.2 Å². The molecule has 186 valence electrons. The SMILES string of the molecule is NC(=O)C1CCC(n2c(Nc3c(Cl)cc(F)cc3Cl)nc3cnc(NC4CC(F)(F)C4)nc32)CC1. The van der Waals surface area contributed by atoms with Gasteiger partial charge < -0.3 is 16.4 Å². The summed E-state index contributed by atoms with van der Waals surface area (Å²) in [5.41, 5.74) is 6.71. The number of rotatable bonds is 6. The van der Waals surface area contributed by atoms with Gasteiger partial charge in [0.1, 0.15) is 11.3 Å². The highest BCUT2D eigenvalue weighted by molar-refractivity contribution is 6.39. The molecule has 2 aromatic heterocycles. The Bertz CT molecular complexity index is 1260. The van der Waals surface area contributed by atoms with Crippen molar-refractivity contribution in [2.24, 2.45) is 11.7 Å². The number of aromatic nitrogens is 4. The summed E-state index contributed by atoms with van der Waals surface area (Å²) in [4.78, 5) is 25.0. The van der Waals surface area contributed by atoms with Crippen LogP contribution in [0.1, 0.15) is 44.6 Å². The summed E-state index contributed by atoms with van der Waals surface area (Å²) in [6.07, 6.45) is 3.43. The topological polar surface area (TPSA) is 111 Å². The number of nitrogens with zero attached hydrogens (tertiary/aromatic N) is 4. The number of imidazole rings is 1. The third kappa shape index (κ3) is 4.84. The van der Waals surface area contributed by atoms with Gasteiger partial charge in [-0.05, 0) is 37.8 Å². The van der Waals surface area contributed by atoms with Gasteiger partial charge in [-0.15, -0.1) is 0 Å². The van der Waals surface area contributed by atoms with Gasteiger partial charge in [0.2, 0.25) is 17.8 Å². The summed E-state index contributed by atoms with van der Waals surface area (Å²) in [6, 6.07) is 1.76. The van der Waals surface area contributed by atoms with Crippen LogP contribution in [0.2, 0.25) is 10.0 Å². The Kier molecular flexibility index (Phi) is 6.16. The maximum absolute atomic E-state index is 13.7. The van der Waals surface area contributed by atoms with Crippen molar-refractivity contribution >= 4 is 57.9 Å². The van der Waals surface area contributed by atoms with E-state index in [9.17, 15) is 18.0 Å². The minimum atomic E-state index is -2.67. The van der Waals surface area contributed by atoms with Crippen molar-refractivity contribution in [2.45, 2.75) is 56.5 Å². The molecule has 13 heteroatoms. The quantitative estimate of drug-likeness (QED) is 0.393. The van der Waals surface area contributed by atoms with Crippen molar-refractivity contribution < 1.29 is 18.0 Å². The van der Waals surface area contributed by atoms with E-state index in [1.807, 2.05) is 4.57 Å². The van der Waals surface area contributed by atoms with Gasteiger partial charge in [0, 0.05) is 30.8 Å². The number of fused-ring (bicyclic) bond motifs is 1. The van der Waals surface area contributed by atoms with Crippen LogP contribution in [-0.4, -0.2) is 37.4 Å². The lowest BCUT2D eigenvalue weighted by molar-refractivity contribution is -0.122. The van der Waals surface area contributed by atoms with Crippen molar-refractivity contribution in [1.29, 1.82) is 0 Å². The molecule has 8 nitrogen and oxygen atoms in total. The number of amides is 1. The Morgan fingerprint density at radius 1 is 1.11 bits per heavy atom. The molecule has 0 aliphatic heterocycles. The molecule has 0 unspecified atom stereocenters. The number of hydrogen-bond donors (Lipinski definition) is 3. The Morgan fingerprint density at radius 3 is 2.37 bits per heavy atom. The second-order valence-electron chi connectivity index (χ2n) is 9.09. The zero-order valence-corrected chi connectivity index (χ0v) is 19.9. The van der Waals surface area contributed by atoms with Crippen LogP contribution in [0, 0.1) is 11.7 Å². The lowest BCUT2D eigenvalue weighted by Crippen LogP contribution is -2.44. The molecular formula is C22H22Cl2F3N7O. The first-order valence-electron chi connectivity index (χ1n) is 11.2. The average Bonchev–Trinajstić information content (AvgIpc) is 3.12. The van der Waals surface area contributed by atoms with E-state index in [2.05, 4.69) is 25.6 Å². The molecule has 2 aliphatic carbocycles. The van der Waals surface area contributed by atoms with Crippen molar-refractivity contribution in [2.75, 3.05) is 10.6 Å². The molecule has 2 heterocycles. The van der Waals surface area contributed by atoms with E-state index < -0.39 is 17.8 Å². The van der Waals surface area contributed by atoms with Crippen LogP contribution in [0.4, 0.5) is 30.8 Å². The predicted octanol–water partition coefficient (Wildman–Crippen LogP) is 5.44. The van der Waals surface area contributed by atoms with Gasteiger partial charge in [0.25, 0.3) is 5.92 Å². The van der Waals surface area contributed by atoms with Gasteiger partial charge >= 0.3 is 0 Å². The number of nitrogens with one attached hydrogen (secondary N) is 2. The smallest absolute Gasteiger partial charge is 0.252 e. The molecule has 1 amide bonds. The molecule has 2 saturated carbocycles. The highest BCUT2D eigenvalue weighted by atomic mass is 35.5. The fourth-order valence-corrected chi connectivity index (χ4v) is 5.29. The summed E-state index contributed by atoms with van der Waals surface area (Å²) in [5, 5.41) is 6.19. The summed E-state index contributed by atoms with van der Waals surface area (Å²) < 4.78 is 42.1. The Balaban J connectivity index is 1.51. The molecule has 0 spiro atoms. The molecule has 3 aromatic rings. The first kappa shape index (κ1) is 23.9. The zero-order valence-electron chi connectivity index (χ0n) is 18.4. The summed E-state index contributed by atoms with van der Waals surface area (Å²) >= 11 is 12.5. The maximum Gasteiger partial charge on any atom is 0.252 e. The van der Waals surface area contributed by atoms with E-state index >= 15 is 0 Å². The number of nitrogens with two attached hydrogens (primary N) is 1. The zero-order chi connectivity index (χ0) is 24.9. The van der Waals surface area contributed by atoms with Gasteiger partial charge in [0.05, 0.1) is 21.9 Å². The minimum absolute atomic E-state index is 0.0744. The number of carbonyl (C=O) groups is 1. The van der Waals surface area contributed by atoms with E-state index in [1.165, 1.54) is 6.20 Å². The molecule has 5 rings (SSSR count). The Hall–Kier alpha value is -2.79. The molecule has 2 fully saturated rings. The molecule has 1 aromatic carbocycles. The normalized spacial score (nSPS) is 22.1. The predicted molar refractivity (Wildman–Crippen MR) is 127 cm³/mol. The monoisotopic (exact) mass is 527 g/mol. The van der Waals surface area contributed by atoms with E-state index in [-0.39, 0.29) is 52.4 Å². The van der Waals surface area contributed by atoms with Crippen LogP contribution < -0.4 is 16.4 Å². The molecule has 2 aliphatic rings. The number of carbonyl (C=O) groups excluding carboxylic acids is 1. The fourth-order valence-electron chi connectivity index (χ4n) is 4.73. The number of benzene rings is 1. The van der Waals surface area contributed by atoms with Crippen molar-refractivity contribution in [1.82, 2.24) is 19.5 Å². The van der Waals surface area contributed by atoms with Crippen LogP contribution >= 0.6 is 23.2 Å².